The first-order valence-corrected chi connectivity index (χ1v) is 8.08. The van der Waals surface area contributed by atoms with E-state index in [4.69, 9.17) is 5.26 Å². The molecule has 3 nitrogen and oxygen atoms in total. The van der Waals surface area contributed by atoms with Gasteiger partial charge in [-0.3, -0.25) is 4.79 Å². The monoisotopic (exact) mass is 316 g/mol. The number of para-hydroxylation sites is 1. The number of nitriles is 1. The van der Waals surface area contributed by atoms with E-state index in [1.807, 2.05) is 67.5 Å². The highest BCUT2D eigenvalue weighted by Gasteiger charge is 2.42. The molecule has 3 rings (SSSR count). The second-order valence-corrected chi connectivity index (χ2v) is 6.45. The first-order valence-electron chi connectivity index (χ1n) is 8.08. The van der Waals surface area contributed by atoms with Crippen molar-refractivity contribution in [3.63, 3.8) is 0 Å². The molecule has 2 aromatic carbocycles. The number of anilines is 1. The molecule has 2 aromatic rings. The lowest BCUT2D eigenvalue weighted by Gasteiger charge is -2.22. The zero-order chi connectivity index (χ0) is 17.2. The first kappa shape index (κ1) is 16.0. The van der Waals surface area contributed by atoms with Crippen molar-refractivity contribution in [3.05, 3.63) is 77.5 Å². The van der Waals surface area contributed by atoms with Gasteiger partial charge in [0, 0.05) is 24.5 Å². The van der Waals surface area contributed by atoms with Gasteiger partial charge in [0.1, 0.15) is 0 Å². The van der Waals surface area contributed by atoms with Crippen LogP contribution in [0.1, 0.15) is 30.9 Å². The number of rotatable bonds is 3. The van der Waals surface area contributed by atoms with Gasteiger partial charge in [-0.15, -0.1) is 0 Å². The minimum atomic E-state index is -0.503. The van der Waals surface area contributed by atoms with Crippen molar-refractivity contribution in [2.45, 2.75) is 25.2 Å². The number of nitrogens with zero attached hydrogens (tertiary/aromatic N) is 2. The second kappa shape index (κ2) is 6.33. The third-order valence-electron chi connectivity index (χ3n) is 4.85. The van der Waals surface area contributed by atoms with Crippen LogP contribution in [0.3, 0.4) is 0 Å². The summed E-state index contributed by atoms with van der Waals surface area (Å²) in [6.07, 6.45) is 3.52. The van der Waals surface area contributed by atoms with Crippen molar-refractivity contribution >= 4 is 11.5 Å². The molecule has 1 saturated carbocycles. The molecule has 0 heterocycles. The largest absolute Gasteiger partial charge is 0.351 e. The molecule has 0 bridgehead atoms. The maximum Gasteiger partial charge on any atom is 0.170 e. The van der Waals surface area contributed by atoms with Crippen LogP contribution in [0.2, 0.25) is 0 Å². The Kier molecular flexibility index (Phi) is 4.22. The summed E-state index contributed by atoms with van der Waals surface area (Å²) in [5.41, 5.74) is 3.01. The van der Waals surface area contributed by atoms with Crippen LogP contribution in [0.15, 0.2) is 66.4 Å². The maximum absolute atomic E-state index is 13.0. The van der Waals surface area contributed by atoms with Gasteiger partial charge in [-0.1, -0.05) is 30.3 Å². The molecule has 1 aliphatic carbocycles. The van der Waals surface area contributed by atoms with E-state index in [1.54, 1.807) is 12.1 Å². The highest BCUT2D eigenvalue weighted by molar-refractivity contribution is 6.05. The zero-order valence-corrected chi connectivity index (χ0v) is 14.0. The van der Waals surface area contributed by atoms with Gasteiger partial charge >= 0.3 is 0 Å². The third-order valence-corrected chi connectivity index (χ3v) is 4.85. The van der Waals surface area contributed by atoms with E-state index in [1.165, 1.54) is 0 Å². The molecule has 120 valence electrons. The minimum Gasteiger partial charge on any atom is -0.351 e. The summed E-state index contributed by atoms with van der Waals surface area (Å²) in [6.45, 7) is 2.00. The lowest BCUT2D eigenvalue weighted by molar-refractivity contribution is -0.118. The van der Waals surface area contributed by atoms with Crippen LogP contribution in [0.4, 0.5) is 5.69 Å². The molecule has 0 spiro atoms. The van der Waals surface area contributed by atoms with E-state index in [-0.39, 0.29) is 5.78 Å². The van der Waals surface area contributed by atoms with Crippen LogP contribution < -0.4 is 4.90 Å². The second-order valence-electron chi connectivity index (χ2n) is 6.45. The number of ketones is 1. The van der Waals surface area contributed by atoms with Gasteiger partial charge in [-0.05, 0) is 49.6 Å². The van der Waals surface area contributed by atoms with E-state index in [0.29, 0.717) is 5.56 Å². The Morgan fingerprint density at radius 1 is 1.12 bits per heavy atom. The molecule has 1 unspecified atom stereocenters. The van der Waals surface area contributed by atoms with Crippen molar-refractivity contribution in [2.24, 2.45) is 0 Å². The average molecular weight is 316 g/mol. The lowest BCUT2D eigenvalue weighted by Crippen LogP contribution is -2.28. The van der Waals surface area contributed by atoms with Gasteiger partial charge in [0.25, 0.3) is 0 Å². The summed E-state index contributed by atoms with van der Waals surface area (Å²) < 4.78 is 0. The van der Waals surface area contributed by atoms with Crippen LogP contribution in [-0.4, -0.2) is 12.8 Å². The topological polar surface area (TPSA) is 44.1 Å². The summed E-state index contributed by atoms with van der Waals surface area (Å²) in [4.78, 5) is 15.0. The summed E-state index contributed by atoms with van der Waals surface area (Å²) in [6, 6.07) is 19.5. The number of carbonyl (C=O) groups excluding carboxylic acids is 1. The maximum atomic E-state index is 13.0. The smallest absolute Gasteiger partial charge is 0.170 e. The van der Waals surface area contributed by atoms with Gasteiger partial charge in [0.2, 0.25) is 0 Å². The van der Waals surface area contributed by atoms with E-state index in [9.17, 15) is 4.79 Å². The number of allylic oxidation sites excluding steroid dienone is 1. The van der Waals surface area contributed by atoms with Crippen LogP contribution in [-0.2, 0) is 10.2 Å². The first-order chi connectivity index (χ1) is 11.5. The highest BCUT2D eigenvalue weighted by atomic mass is 16.1. The van der Waals surface area contributed by atoms with Crippen LogP contribution in [0, 0.1) is 11.3 Å². The summed E-state index contributed by atoms with van der Waals surface area (Å²) in [5, 5.41) is 8.93. The Balaban J connectivity index is 1.86. The molecule has 0 saturated heterocycles. The van der Waals surface area contributed by atoms with Crippen molar-refractivity contribution in [1.82, 2.24) is 0 Å². The van der Waals surface area contributed by atoms with Gasteiger partial charge < -0.3 is 4.90 Å². The third kappa shape index (κ3) is 2.83. The van der Waals surface area contributed by atoms with E-state index in [0.717, 1.165) is 29.7 Å². The Bertz CT molecular complexity index is 815. The number of carbonyl (C=O) groups is 1. The van der Waals surface area contributed by atoms with E-state index < -0.39 is 5.41 Å². The van der Waals surface area contributed by atoms with Crippen molar-refractivity contribution in [1.29, 1.82) is 5.26 Å². The molecule has 0 amide bonds. The Morgan fingerprint density at radius 2 is 1.79 bits per heavy atom. The summed E-state index contributed by atoms with van der Waals surface area (Å²) >= 11 is 0. The standard InChI is InChI=1S/C21H20N2O/c1-21(18-10-8-16(14-22)9-11-18)13-12-17(20(21)24)15-23(2)19-6-4-3-5-7-19/h3-11,15H,12-13H2,1-2H3. The number of Topliss-reactive ketones (excluding diaryl/α,β-unsaturated/α-hetero) is 1. The fourth-order valence-corrected chi connectivity index (χ4v) is 3.25. The number of hydrogen-bond donors (Lipinski definition) is 0. The minimum absolute atomic E-state index is 0.176. The molecule has 3 heteroatoms. The molecule has 0 N–H and O–H groups in total. The van der Waals surface area contributed by atoms with Crippen LogP contribution in [0.5, 0.6) is 0 Å². The highest BCUT2D eigenvalue weighted by Crippen LogP contribution is 2.41. The van der Waals surface area contributed by atoms with Gasteiger partial charge in [0.05, 0.1) is 17.0 Å². The van der Waals surface area contributed by atoms with Gasteiger partial charge in [-0.25, -0.2) is 0 Å². The van der Waals surface area contributed by atoms with E-state index in [2.05, 4.69) is 6.07 Å². The average Bonchev–Trinajstić information content (AvgIpc) is 2.92. The molecule has 0 radical (unpaired) electrons. The zero-order valence-electron chi connectivity index (χ0n) is 14.0. The Hall–Kier alpha value is -2.86. The fourth-order valence-electron chi connectivity index (χ4n) is 3.25. The lowest BCUT2D eigenvalue weighted by atomic mass is 9.79. The van der Waals surface area contributed by atoms with Crippen molar-refractivity contribution < 1.29 is 4.79 Å². The Labute approximate surface area is 142 Å². The van der Waals surface area contributed by atoms with Crippen LogP contribution >= 0.6 is 0 Å². The molecule has 0 aliphatic heterocycles. The SMILES string of the molecule is CN(C=C1CCC(C)(c2ccc(C#N)cc2)C1=O)c1ccccc1. The quantitative estimate of drug-likeness (QED) is 0.797. The number of benzene rings is 2. The van der Waals surface area contributed by atoms with E-state index >= 15 is 0 Å². The van der Waals surface area contributed by atoms with Crippen molar-refractivity contribution in [3.8, 4) is 6.07 Å². The molecule has 1 aliphatic rings. The number of hydrogen-bond acceptors (Lipinski definition) is 3. The van der Waals surface area contributed by atoms with Crippen molar-refractivity contribution in [2.75, 3.05) is 11.9 Å². The molecule has 1 fully saturated rings. The molecular formula is C21H20N2O. The summed E-state index contributed by atoms with van der Waals surface area (Å²) in [7, 11) is 1.97. The molecular weight excluding hydrogens is 296 g/mol. The van der Waals surface area contributed by atoms with Crippen LogP contribution in [0.25, 0.3) is 0 Å². The Morgan fingerprint density at radius 3 is 2.42 bits per heavy atom. The molecule has 1 atom stereocenters. The van der Waals surface area contributed by atoms with Gasteiger partial charge in [-0.2, -0.15) is 5.26 Å². The molecule has 24 heavy (non-hydrogen) atoms. The summed E-state index contributed by atoms with van der Waals surface area (Å²) in [5.74, 6) is 0.176. The molecule has 0 aromatic heterocycles. The van der Waals surface area contributed by atoms with Gasteiger partial charge in [0.15, 0.2) is 5.78 Å². The predicted molar refractivity (Wildman–Crippen MR) is 95.7 cm³/mol. The fraction of sp³-hybridized carbons (Fsp3) is 0.238. The normalized spacial score (nSPS) is 21.7. The predicted octanol–water partition coefficient (Wildman–Crippen LogP) is 4.20.